The summed E-state index contributed by atoms with van der Waals surface area (Å²) in [6, 6.07) is 28.5. The van der Waals surface area contributed by atoms with Crippen LogP contribution in [-0.2, 0) is 7.05 Å². The van der Waals surface area contributed by atoms with E-state index in [-0.39, 0.29) is 17.3 Å². The fourth-order valence-corrected chi connectivity index (χ4v) is 4.97. The van der Waals surface area contributed by atoms with Gasteiger partial charge in [0.2, 0.25) is 5.78 Å². The maximum atomic E-state index is 13.6. The smallest absolute Gasteiger partial charge is 0.210 e. The maximum Gasteiger partial charge on any atom is 0.210 e. The van der Waals surface area contributed by atoms with E-state index in [1.807, 2.05) is 110 Å². The molecular formula is C27H24N2O2S. The van der Waals surface area contributed by atoms with Crippen LogP contribution in [-0.4, -0.2) is 28.9 Å². The van der Waals surface area contributed by atoms with Gasteiger partial charge in [0, 0.05) is 30.8 Å². The lowest BCUT2D eigenvalue weighted by Gasteiger charge is -2.09. The highest BCUT2D eigenvalue weighted by Crippen LogP contribution is 2.43. The molecule has 0 bridgehead atoms. The van der Waals surface area contributed by atoms with Crippen molar-refractivity contribution in [2.24, 2.45) is 7.05 Å². The molecule has 0 amide bonds. The van der Waals surface area contributed by atoms with Gasteiger partial charge < -0.3 is 9.88 Å². The quantitative estimate of drug-likeness (QED) is 0.272. The van der Waals surface area contributed by atoms with Crippen LogP contribution in [0.25, 0.3) is 11.1 Å². The number of nitrogens with one attached hydrogen (secondary N) is 1. The topological polar surface area (TPSA) is 51.1 Å². The molecule has 1 N–H and O–H groups in total. The number of anilines is 1. The Morgan fingerprint density at radius 3 is 1.91 bits per heavy atom. The number of hydrogen-bond acceptors (Lipinski definition) is 4. The number of nitrogens with zero attached hydrogens (tertiary/aromatic N) is 1. The van der Waals surface area contributed by atoms with Crippen LogP contribution in [0.15, 0.2) is 95.9 Å². The molecule has 4 nitrogen and oxygen atoms in total. The third kappa shape index (κ3) is 4.25. The number of benzene rings is 3. The molecule has 0 spiro atoms. The van der Waals surface area contributed by atoms with Crippen LogP contribution in [0.3, 0.4) is 0 Å². The minimum absolute atomic E-state index is 0.0512. The molecule has 4 rings (SSSR count). The zero-order valence-electron chi connectivity index (χ0n) is 18.0. The first-order chi connectivity index (χ1) is 15.6. The molecule has 32 heavy (non-hydrogen) atoms. The number of aromatic nitrogens is 1. The molecule has 1 heterocycles. The average molecular weight is 441 g/mol. The Labute approximate surface area is 192 Å². The van der Waals surface area contributed by atoms with E-state index < -0.39 is 0 Å². The van der Waals surface area contributed by atoms with Crippen LogP contribution >= 0.6 is 11.8 Å². The van der Waals surface area contributed by atoms with E-state index in [2.05, 4.69) is 5.32 Å². The van der Waals surface area contributed by atoms with E-state index in [1.165, 1.54) is 11.8 Å². The van der Waals surface area contributed by atoms with Gasteiger partial charge in [-0.15, -0.1) is 11.8 Å². The van der Waals surface area contributed by atoms with Crippen molar-refractivity contribution in [3.8, 4) is 11.1 Å². The van der Waals surface area contributed by atoms with Gasteiger partial charge in [0.1, 0.15) is 5.82 Å². The van der Waals surface area contributed by atoms with Crippen molar-refractivity contribution < 1.29 is 9.59 Å². The van der Waals surface area contributed by atoms with Gasteiger partial charge in [-0.3, -0.25) is 9.59 Å². The lowest BCUT2D eigenvalue weighted by molar-refractivity contribution is 0.101. The molecule has 0 saturated carbocycles. The molecule has 3 aromatic carbocycles. The van der Waals surface area contributed by atoms with Gasteiger partial charge in [0.25, 0.3) is 0 Å². The summed E-state index contributed by atoms with van der Waals surface area (Å²) in [4.78, 5) is 27.3. The molecule has 0 aliphatic heterocycles. The first-order valence-electron chi connectivity index (χ1n) is 10.4. The summed E-state index contributed by atoms with van der Waals surface area (Å²) in [5.74, 6) is 1.09. The summed E-state index contributed by atoms with van der Waals surface area (Å²) in [6.07, 6.45) is 0. The molecule has 0 atom stereocenters. The van der Waals surface area contributed by atoms with Crippen LogP contribution in [0.2, 0.25) is 0 Å². The van der Waals surface area contributed by atoms with Crippen LogP contribution in [0.1, 0.15) is 26.4 Å². The maximum absolute atomic E-state index is 13.6. The Balaban J connectivity index is 1.82. The lowest BCUT2D eigenvalue weighted by Crippen LogP contribution is -2.10. The molecule has 0 aliphatic rings. The molecule has 160 valence electrons. The third-order valence-corrected chi connectivity index (χ3v) is 6.44. The normalized spacial score (nSPS) is 10.7. The molecule has 1 aromatic heterocycles. The second-order valence-corrected chi connectivity index (χ2v) is 8.34. The van der Waals surface area contributed by atoms with Gasteiger partial charge in [0.15, 0.2) is 5.78 Å². The second kappa shape index (κ2) is 9.71. The van der Waals surface area contributed by atoms with Crippen molar-refractivity contribution in [1.82, 2.24) is 4.57 Å². The summed E-state index contributed by atoms with van der Waals surface area (Å²) in [5, 5.41) is 3.24. The number of rotatable bonds is 8. The standard InChI is InChI=1S/C27H24N2O2S/c1-28-27-26(32-18-22(30)19-12-6-3-7-13-19)23(20-14-8-4-9-15-20)24(29(27)2)25(31)21-16-10-5-11-17-21/h3-17,28H,18H2,1-2H3. The van der Waals surface area contributed by atoms with Crippen LogP contribution in [0.4, 0.5) is 5.82 Å². The number of hydrogen-bond donors (Lipinski definition) is 1. The van der Waals surface area contributed by atoms with E-state index in [0.717, 1.165) is 21.8 Å². The number of carbonyl (C=O) groups excluding carboxylic acids is 2. The lowest BCUT2D eigenvalue weighted by atomic mass is 10.0. The van der Waals surface area contributed by atoms with Gasteiger partial charge in [-0.2, -0.15) is 0 Å². The molecule has 0 aliphatic carbocycles. The third-order valence-electron chi connectivity index (χ3n) is 5.34. The van der Waals surface area contributed by atoms with Crippen molar-refractivity contribution in [3.05, 3.63) is 108 Å². The van der Waals surface area contributed by atoms with Crippen LogP contribution in [0, 0.1) is 0 Å². The average Bonchev–Trinajstić information content (AvgIpc) is 3.14. The Morgan fingerprint density at radius 1 is 0.812 bits per heavy atom. The molecule has 4 aromatic rings. The van der Waals surface area contributed by atoms with Crippen molar-refractivity contribution in [2.75, 3.05) is 18.1 Å². The minimum Gasteiger partial charge on any atom is -0.374 e. The van der Waals surface area contributed by atoms with Crippen molar-refractivity contribution in [2.45, 2.75) is 4.90 Å². The summed E-state index contributed by atoms with van der Waals surface area (Å²) in [5.41, 5.74) is 3.70. The largest absolute Gasteiger partial charge is 0.374 e. The fraction of sp³-hybridized carbons (Fsp3) is 0.111. The Kier molecular flexibility index (Phi) is 6.57. The van der Waals surface area contributed by atoms with E-state index in [9.17, 15) is 9.59 Å². The summed E-state index contributed by atoms with van der Waals surface area (Å²) in [7, 11) is 3.72. The van der Waals surface area contributed by atoms with E-state index in [1.54, 1.807) is 0 Å². The van der Waals surface area contributed by atoms with E-state index >= 15 is 0 Å². The number of carbonyl (C=O) groups is 2. The van der Waals surface area contributed by atoms with Crippen LogP contribution in [0.5, 0.6) is 0 Å². The first kappa shape index (κ1) is 21.7. The molecule has 0 unspecified atom stereocenters. The van der Waals surface area contributed by atoms with Gasteiger partial charge >= 0.3 is 0 Å². The van der Waals surface area contributed by atoms with Crippen LogP contribution < -0.4 is 5.32 Å². The highest BCUT2D eigenvalue weighted by Gasteiger charge is 2.27. The number of thioether (sulfide) groups is 1. The Hall–Kier alpha value is -3.57. The molecule has 0 fully saturated rings. The Morgan fingerprint density at radius 2 is 1.34 bits per heavy atom. The zero-order valence-corrected chi connectivity index (χ0v) is 18.9. The van der Waals surface area contributed by atoms with Crippen molar-refractivity contribution in [1.29, 1.82) is 0 Å². The van der Waals surface area contributed by atoms with Gasteiger partial charge in [-0.1, -0.05) is 91.0 Å². The van der Waals surface area contributed by atoms with E-state index in [0.29, 0.717) is 16.8 Å². The SMILES string of the molecule is CNc1c(SCC(=O)c2ccccc2)c(-c2ccccc2)c(C(=O)c2ccccc2)n1C. The number of Topliss-reactive ketones (excluding diaryl/α,β-unsaturated/α-hetero) is 1. The predicted octanol–water partition coefficient (Wildman–Crippen LogP) is 5.94. The fourth-order valence-electron chi connectivity index (χ4n) is 3.79. The van der Waals surface area contributed by atoms with Gasteiger partial charge in [0.05, 0.1) is 16.3 Å². The first-order valence-corrected chi connectivity index (χ1v) is 11.4. The number of ketones is 2. The monoisotopic (exact) mass is 440 g/mol. The summed E-state index contributed by atoms with van der Waals surface area (Å²) < 4.78 is 1.90. The predicted molar refractivity (Wildman–Crippen MR) is 132 cm³/mol. The summed E-state index contributed by atoms with van der Waals surface area (Å²) >= 11 is 1.46. The highest BCUT2D eigenvalue weighted by atomic mass is 32.2. The van der Waals surface area contributed by atoms with Crippen molar-refractivity contribution in [3.63, 3.8) is 0 Å². The molecule has 5 heteroatoms. The van der Waals surface area contributed by atoms with Gasteiger partial charge in [-0.25, -0.2) is 0 Å². The van der Waals surface area contributed by atoms with E-state index in [4.69, 9.17) is 0 Å². The zero-order chi connectivity index (χ0) is 22.5. The Bertz CT molecular complexity index is 1230. The molecular weight excluding hydrogens is 416 g/mol. The molecule has 0 saturated heterocycles. The minimum atomic E-state index is -0.0512. The van der Waals surface area contributed by atoms with Gasteiger partial charge in [-0.05, 0) is 5.56 Å². The second-order valence-electron chi connectivity index (χ2n) is 7.35. The molecule has 0 radical (unpaired) electrons. The highest BCUT2D eigenvalue weighted by molar-refractivity contribution is 8.00. The summed E-state index contributed by atoms with van der Waals surface area (Å²) in [6.45, 7) is 0. The van der Waals surface area contributed by atoms with Crippen molar-refractivity contribution >= 4 is 29.1 Å².